The molecule has 4 heteroatoms. The first-order valence-electron chi connectivity index (χ1n) is 5.52. The maximum atomic E-state index is 12.3. The lowest BCUT2D eigenvalue weighted by Crippen LogP contribution is -2.15. The normalized spacial score (nSPS) is 11.0. The fraction of sp³-hybridized carbons (Fsp3) is 0.500. The first-order chi connectivity index (χ1) is 7.74. The molecule has 0 bridgehead atoms. The Labute approximate surface area is 94.8 Å². The molecule has 3 N–H and O–H groups in total. The van der Waals surface area contributed by atoms with Crippen molar-refractivity contribution in [1.82, 2.24) is 5.32 Å². The Bertz CT molecular complexity index is 286. The van der Waals surface area contributed by atoms with E-state index in [0.29, 0.717) is 13.1 Å². The molecular formula is C12H18F2N2. The van der Waals surface area contributed by atoms with Crippen molar-refractivity contribution in [3.8, 4) is 0 Å². The molecule has 0 amide bonds. The number of nitrogens with two attached hydrogens (primary N) is 1. The molecule has 0 saturated heterocycles. The van der Waals surface area contributed by atoms with Crippen LogP contribution in [-0.2, 0) is 6.54 Å². The third-order valence-corrected chi connectivity index (χ3v) is 2.37. The van der Waals surface area contributed by atoms with E-state index in [1.165, 1.54) is 12.1 Å². The first-order valence-corrected chi connectivity index (χ1v) is 5.52. The minimum Gasteiger partial charge on any atom is -0.330 e. The van der Waals surface area contributed by atoms with E-state index < -0.39 is 6.43 Å². The summed E-state index contributed by atoms with van der Waals surface area (Å²) in [5.74, 6) is 0. The molecule has 0 radical (unpaired) electrons. The largest absolute Gasteiger partial charge is 0.330 e. The quantitative estimate of drug-likeness (QED) is 0.703. The number of nitrogens with one attached hydrogen (secondary N) is 1. The molecule has 1 rings (SSSR count). The highest BCUT2D eigenvalue weighted by molar-refractivity contribution is 5.23. The zero-order valence-electron chi connectivity index (χ0n) is 9.26. The van der Waals surface area contributed by atoms with E-state index in [-0.39, 0.29) is 5.56 Å². The lowest BCUT2D eigenvalue weighted by atomic mass is 10.1. The van der Waals surface area contributed by atoms with Gasteiger partial charge in [0, 0.05) is 12.1 Å². The van der Waals surface area contributed by atoms with Gasteiger partial charge in [-0.2, -0.15) is 0 Å². The second-order valence-electron chi connectivity index (χ2n) is 3.71. The number of unbranched alkanes of at least 4 members (excludes halogenated alkanes) is 1. The average Bonchev–Trinajstić information content (AvgIpc) is 2.29. The van der Waals surface area contributed by atoms with Crippen LogP contribution in [0.4, 0.5) is 8.78 Å². The molecule has 0 aliphatic rings. The van der Waals surface area contributed by atoms with Crippen LogP contribution in [0.25, 0.3) is 0 Å². The number of benzene rings is 1. The van der Waals surface area contributed by atoms with Crippen molar-refractivity contribution in [2.45, 2.75) is 25.8 Å². The Morgan fingerprint density at radius 3 is 2.38 bits per heavy atom. The summed E-state index contributed by atoms with van der Waals surface area (Å²) < 4.78 is 24.5. The Morgan fingerprint density at radius 2 is 1.81 bits per heavy atom. The van der Waals surface area contributed by atoms with Gasteiger partial charge >= 0.3 is 0 Å². The summed E-state index contributed by atoms with van der Waals surface area (Å²) in [6.45, 7) is 2.34. The van der Waals surface area contributed by atoms with E-state index in [2.05, 4.69) is 5.32 Å². The van der Waals surface area contributed by atoms with Crippen LogP contribution < -0.4 is 11.1 Å². The van der Waals surface area contributed by atoms with E-state index >= 15 is 0 Å². The van der Waals surface area contributed by atoms with Gasteiger partial charge in [0.25, 0.3) is 6.43 Å². The summed E-state index contributed by atoms with van der Waals surface area (Å²) in [5.41, 5.74) is 6.47. The molecular weight excluding hydrogens is 210 g/mol. The highest BCUT2D eigenvalue weighted by Gasteiger charge is 2.05. The topological polar surface area (TPSA) is 38.0 Å². The van der Waals surface area contributed by atoms with E-state index in [1.54, 1.807) is 12.1 Å². The van der Waals surface area contributed by atoms with Gasteiger partial charge in [0.15, 0.2) is 0 Å². The van der Waals surface area contributed by atoms with E-state index in [1.807, 2.05) is 0 Å². The van der Waals surface area contributed by atoms with Gasteiger partial charge in [0.05, 0.1) is 0 Å². The Balaban J connectivity index is 2.27. The van der Waals surface area contributed by atoms with Gasteiger partial charge in [-0.15, -0.1) is 0 Å². The van der Waals surface area contributed by atoms with Crippen LogP contribution in [0.2, 0.25) is 0 Å². The zero-order valence-corrected chi connectivity index (χ0v) is 9.26. The van der Waals surface area contributed by atoms with Gasteiger partial charge in [0.2, 0.25) is 0 Å². The maximum absolute atomic E-state index is 12.3. The van der Waals surface area contributed by atoms with Crippen molar-refractivity contribution in [2.75, 3.05) is 13.1 Å². The standard InChI is InChI=1S/C12H18F2N2/c13-12(14)11-5-3-10(4-6-11)9-16-8-2-1-7-15/h3-6,12,16H,1-2,7-9,15H2. The molecule has 1 aromatic rings. The molecule has 16 heavy (non-hydrogen) atoms. The molecule has 0 saturated carbocycles. The van der Waals surface area contributed by atoms with E-state index in [4.69, 9.17) is 5.73 Å². The van der Waals surface area contributed by atoms with Crippen LogP contribution in [0.3, 0.4) is 0 Å². The summed E-state index contributed by atoms with van der Waals surface area (Å²) in [5, 5.41) is 3.24. The number of hydrogen-bond donors (Lipinski definition) is 2. The molecule has 90 valence electrons. The summed E-state index contributed by atoms with van der Waals surface area (Å²) in [6.07, 6.45) is -0.324. The van der Waals surface area contributed by atoms with Gasteiger partial charge in [-0.05, 0) is 31.5 Å². The summed E-state index contributed by atoms with van der Waals surface area (Å²) in [7, 11) is 0. The molecule has 0 fully saturated rings. The highest BCUT2D eigenvalue weighted by Crippen LogP contribution is 2.18. The number of rotatable bonds is 7. The van der Waals surface area contributed by atoms with E-state index in [9.17, 15) is 8.78 Å². The summed E-state index contributed by atoms with van der Waals surface area (Å²) >= 11 is 0. The molecule has 0 heterocycles. The molecule has 0 spiro atoms. The van der Waals surface area contributed by atoms with Crippen molar-refractivity contribution in [3.63, 3.8) is 0 Å². The Hall–Kier alpha value is -1.00. The molecule has 0 atom stereocenters. The maximum Gasteiger partial charge on any atom is 0.263 e. The van der Waals surface area contributed by atoms with Crippen molar-refractivity contribution in [3.05, 3.63) is 35.4 Å². The van der Waals surface area contributed by atoms with Crippen molar-refractivity contribution < 1.29 is 8.78 Å². The third-order valence-electron chi connectivity index (χ3n) is 2.37. The first kappa shape index (κ1) is 13.1. The predicted octanol–water partition coefficient (Wildman–Crippen LogP) is 2.45. The van der Waals surface area contributed by atoms with Gasteiger partial charge in [-0.1, -0.05) is 24.3 Å². The molecule has 0 aliphatic heterocycles. The number of halogens is 2. The number of alkyl halides is 2. The average molecular weight is 228 g/mol. The lowest BCUT2D eigenvalue weighted by molar-refractivity contribution is 0.151. The van der Waals surface area contributed by atoms with Crippen LogP contribution in [0.15, 0.2) is 24.3 Å². The predicted molar refractivity (Wildman–Crippen MR) is 61.4 cm³/mol. The third kappa shape index (κ3) is 4.68. The minimum atomic E-state index is -2.38. The summed E-state index contributed by atoms with van der Waals surface area (Å²) in [4.78, 5) is 0. The van der Waals surface area contributed by atoms with E-state index in [0.717, 1.165) is 24.9 Å². The second-order valence-corrected chi connectivity index (χ2v) is 3.71. The molecule has 0 aromatic heterocycles. The summed E-state index contributed by atoms with van der Waals surface area (Å²) in [6, 6.07) is 6.41. The molecule has 2 nitrogen and oxygen atoms in total. The van der Waals surface area contributed by atoms with Gasteiger partial charge in [0.1, 0.15) is 0 Å². The van der Waals surface area contributed by atoms with Crippen LogP contribution in [-0.4, -0.2) is 13.1 Å². The van der Waals surface area contributed by atoms with Crippen LogP contribution in [0, 0.1) is 0 Å². The van der Waals surface area contributed by atoms with Gasteiger partial charge < -0.3 is 11.1 Å². The number of hydrogen-bond acceptors (Lipinski definition) is 2. The van der Waals surface area contributed by atoms with Crippen LogP contribution >= 0.6 is 0 Å². The van der Waals surface area contributed by atoms with Crippen molar-refractivity contribution >= 4 is 0 Å². The monoisotopic (exact) mass is 228 g/mol. The molecule has 1 aromatic carbocycles. The molecule has 0 unspecified atom stereocenters. The smallest absolute Gasteiger partial charge is 0.263 e. The second kappa shape index (κ2) is 7.30. The minimum absolute atomic E-state index is 0.0758. The zero-order chi connectivity index (χ0) is 11.8. The van der Waals surface area contributed by atoms with Gasteiger partial charge in [-0.25, -0.2) is 8.78 Å². The van der Waals surface area contributed by atoms with Crippen LogP contribution in [0.5, 0.6) is 0 Å². The fourth-order valence-electron chi connectivity index (χ4n) is 1.41. The van der Waals surface area contributed by atoms with Crippen molar-refractivity contribution in [1.29, 1.82) is 0 Å². The fourth-order valence-corrected chi connectivity index (χ4v) is 1.41. The van der Waals surface area contributed by atoms with Crippen molar-refractivity contribution in [2.24, 2.45) is 5.73 Å². The Kier molecular flexibility index (Phi) is 5.96. The van der Waals surface area contributed by atoms with Crippen LogP contribution in [0.1, 0.15) is 30.4 Å². The molecule has 0 aliphatic carbocycles. The van der Waals surface area contributed by atoms with Gasteiger partial charge in [-0.3, -0.25) is 0 Å². The SMILES string of the molecule is NCCCCNCc1ccc(C(F)F)cc1. The lowest BCUT2D eigenvalue weighted by Gasteiger charge is -2.05. The highest BCUT2D eigenvalue weighted by atomic mass is 19.3. The Morgan fingerprint density at radius 1 is 1.12 bits per heavy atom.